The zero-order chi connectivity index (χ0) is 14.6. The van der Waals surface area contributed by atoms with Crippen molar-refractivity contribution in [3.8, 4) is 0 Å². The molecule has 1 amide bonds. The maximum absolute atomic E-state index is 11.6. The molecule has 0 bridgehead atoms. The van der Waals surface area contributed by atoms with Crippen molar-refractivity contribution in [1.82, 2.24) is 5.32 Å². The van der Waals surface area contributed by atoms with Crippen LogP contribution in [0.25, 0.3) is 0 Å². The molecule has 0 unspecified atom stereocenters. The first-order chi connectivity index (χ1) is 9.72. The molecule has 1 rings (SSSR count). The summed E-state index contributed by atoms with van der Waals surface area (Å²) >= 11 is 9.21. The first-order valence-electron chi connectivity index (χ1n) is 6.56. The number of benzene rings is 1. The van der Waals surface area contributed by atoms with Crippen molar-refractivity contribution in [3.63, 3.8) is 0 Å². The van der Waals surface area contributed by atoms with Gasteiger partial charge in [-0.1, -0.05) is 11.6 Å². The Bertz CT molecular complexity index is 387. The van der Waals surface area contributed by atoms with E-state index >= 15 is 0 Å². The zero-order valence-corrected chi connectivity index (χ0v) is 13.7. The van der Waals surface area contributed by atoms with Gasteiger partial charge in [0, 0.05) is 41.0 Å². The van der Waals surface area contributed by atoms with Crippen LogP contribution in [0, 0.1) is 0 Å². The zero-order valence-electron chi connectivity index (χ0n) is 11.3. The molecular weight excluding hydrogens is 314 g/mol. The van der Waals surface area contributed by atoms with Crippen molar-refractivity contribution in [2.24, 2.45) is 0 Å². The fraction of sp³-hybridized carbons (Fsp3) is 0.500. The van der Waals surface area contributed by atoms with Crippen LogP contribution in [0.3, 0.4) is 0 Å². The first-order valence-corrected chi connectivity index (χ1v) is 9.08. The molecule has 3 nitrogen and oxygen atoms in total. The number of rotatable bonds is 10. The Morgan fingerprint density at radius 2 is 1.95 bits per heavy atom. The maximum Gasteiger partial charge on any atom is 0.220 e. The van der Waals surface area contributed by atoms with Gasteiger partial charge < -0.3 is 10.4 Å². The summed E-state index contributed by atoms with van der Waals surface area (Å²) < 4.78 is 0. The maximum atomic E-state index is 11.6. The normalized spacial score (nSPS) is 10.5. The monoisotopic (exact) mass is 333 g/mol. The van der Waals surface area contributed by atoms with E-state index in [0.717, 1.165) is 33.6 Å². The Hall–Kier alpha value is -0.360. The summed E-state index contributed by atoms with van der Waals surface area (Å²) in [7, 11) is 0. The Labute approximate surface area is 133 Å². The smallest absolute Gasteiger partial charge is 0.220 e. The number of nitrogens with one attached hydrogen (secondary N) is 1. The molecule has 0 spiro atoms. The van der Waals surface area contributed by atoms with Crippen LogP contribution in [-0.4, -0.2) is 41.4 Å². The number of hydrogen-bond donors (Lipinski definition) is 2. The number of thioether (sulfide) groups is 2. The number of aliphatic hydroxyl groups excluding tert-OH is 1. The number of hydrogen-bond acceptors (Lipinski definition) is 4. The van der Waals surface area contributed by atoms with Gasteiger partial charge >= 0.3 is 0 Å². The van der Waals surface area contributed by atoms with Crippen molar-refractivity contribution < 1.29 is 9.90 Å². The van der Waals surface area contributed by atoms with Gasteiger partial charge in [0.15, 0.2) is 0 Å². The molecule has 0 fully saturated rings. The summed E-state index contributed by atoms with van der Waals surface area (Å²) in [6.45, 7) is 0.932. The van der Waals surface area contributed by atoms with E-state index in [4.69, 9.17) is 16.7 Å². The largest absolute Gasteiger partial charge is 0.396 e. The topological polar surface area (TPSA) is 49.3 Å². The molecule has 112 valence electrons. The molecule has 6 heteroatoms. The predicted octanol–water partition coefficient (Wildman–Crippen LogP) is 3.05. The highest BCUT2D eigenvalue weighted by Crippen LogP contribution is 2.20. The van der Waals surface area contributed by atoms with Gasteiger partial charge in [0.2, 0.25) is 5.91 Å². The minimum Gasteiger partial charge on any atom is -0.396 e. The van der Waals surface area contributed by atoms with E-state index in [9.17, 15) is 4.79 Å². The van der Waals surface area contributed by atoms with Gasteiger partial charge in [0.05, 0.1) is 0 Å². The van der Waals surface area contributed by atoms with E-state index in [1.807, 2.05) is 24.3 Å². The Kier molecular flexibility index (Phi) is 10.0. The molecule has 0 atom stereocenters. The van der Waals surface area contributed by atoms with Crippen LogP contribution in [0.2, 0.25) is 5.02 Å². The van der Waals surface area contributed by atoms with E-state index in [-0.39, 0.29) is 12.5 Å². The summed E-state index contributed by atoms with van der Waals surface area (Å²) in [6.07, 6.45) is 1.34. The molecule has 0 radical (unpaired) electrons. The first kappa shape index (κ1) is 17.7. The van der Waals surface area contributed by atoms with Gasteiger partial charge in [-0.25, -0.2) is 0 Å². The number of carbonyl (C=O) groups is 1. The SMILES string of the molecule is O=C(CCSc1ccc(Cl)cc1)NCCSCCCO. The molecule has 1 aromatic carbocycles. The van der Waals surface area contributed by atoms with Gasteiger partial charge in [-0.05, 0) is 36.4 Å². The third-order valence-corrected chi connectivity index (χ3v) is 4.76. The van der Waals surface area contributed by atoms with Crippen molar-refractivity contribution in [3.05, 3.63) is 29.3 Å². The standard InChI is InChI=1S/C14H20ClNO2S2/c15-12-2-4-13(5-3-12)20-10-6-14(18)16-7-11-19-9-1-8-17/h2-5,17H,1,6-11H2,(H,16,18). The molecule has 0 aromatic heterocycles. The van der Waals surface area contributed by atoms with Gasteiger partial charge in [-0.15, -0.1) is 11.8 Å². The summed E-state index contributed by atoms with van der Waals surface area (Å²) in [5.41, 5.74) is 0. The van der Waals surface area contributed by atoms with Crippen molar-refractivity contribution in [1.29, 1.82) is 0 Å². The third kappa shape index (κ3) is 8.74. The van der Waals surface area contributed by atoms with Crippen LogP contribution in [0.1, 0.15) is 12.8 Å². The lowest BCUT2D eigenvalue weighted by Crippen LogP contribution is -2.26. The lowest BCUT2D eigenvalue weighted by molar-refractivity contribution is -0.120. The highest BCUT2D eigenvalue weighted by molar-refractivity contribution is 7.99. The number of aliphatic hydroxyl groups is 1. The van der Waals surface area contributed by atoms with E-state index in [1.165, 1.54) is 0 Å². The average Bonchev–Trinajstić information content (AvgIpc) is 2.45. The Balaban J connectivity index is 2.01. The number of carbonyl (C=O) groups excluding carboxylic acids is 1. The minimum atomic E-state index is 0.0919. The van der Waals surface area contributed by atoms with Crippen LogP contribution in [-0.2, 0) is 4.79 Å². The molecule has 0 saturated heterocycles. The number of amides is 1. The highest BCUT2D eigenvalue weighted by Gasteiger charge is 2.01. The summed E-state index contributed by atoms with van der Waals surface area (Å²) in [6, 6.07) is 7.63. The van der Waals surface area contributed by atoms with Crippen LogP contribution < -0.4 is 5.32 Å². The Morgan fingerprint density at radius 3 is 2.65 bits per heavy atom. The second-order valence-corrected chi connectivity index (χ2v) is 6.92. The molecule has 0 aliphatic heterocycles. The van der Waals surface area contributed by atoms with Crippen molar-refractivity contribution >= 4 is 41.0 Å². The molecule has 0 saturated carbocycles. The third-order valence-electron chi connectivity index (χ3n) is 2.43. The second kappa shape index (κ2) is 11.3. The van der Waals surface area contributed by atoms with E-state index in [0.29, 0.717) is 13.0 Å². The average molecular weight is 334 g/mol. The lowest BCUT2D eigenvalue weighted by atomic mass is 10.4. The van der Waals surface area contributed by atoms with Crippen molar-refractivity contribution in [2.75, 3.05) is 30.4 Å². The molecule has 1 aromatic rings. The molecule has 0 aliphatic carbocycles. The molecule has 2 N–H and O–H groups in total. The van der Waals surface area contributed by atoms with Gasteiger partial charge in [0.1, 0.15) is 0 Å². The molecule has 20 heavy (non-hydrogen) atoms. The van der Waals surface area contributed by atoms with Crippen molar-refractivity contribution in [2.45, 2.75) is 17.7 Å². The van der Waals surface area contributed by atoms with E-state index < -0.39 is 0 Å². The Morgan fingerprint density at radius 1 is 1.20 bits per heavy atom. The van der Waals surface area contributed by atoms with E-state index in [2.05, 4.69) is 5.32 Å². The molecule has 0 heterocycles. The van der Waals surface area contributed by atoms with Crippen LogP contribution >= 0.6 is 35.1 Å². The highest BCUT2D eigenvalue weighted by atomic mass is 35.5. The molecular formula is C14H20ClNO2S2. The van der Waals surface area contributed by atoms with Gasteiger partial charge in [-0.3, -0.25) is 4.79 Å². The van der Waals surface area contributed by atoms with Crippen LogP contribution in [0.15, 0.2) is 29.2 Å². The second-order valence-electron chi connectivity index (χ2n) is 4.09. The van der Waals surface area contributed by atoms with E-state index in [1.54, 1.807) is 23.5 Å². The summed E-state index contributed by atoms with van der Waals surface area (Å²) in [5, 5.41) is 12.3. The molecule has 0 aliphatic rings. The van der Waals surface area contributed by atoms with Gasteiger partial charge in [-0.2, -0.15) is 11.8 Å². The summed E-state index contributed by atoms with van der Waals surface area (Å²) in [5.74, 6) is 2.70. The summed E-state index contributed by atoms with van der Waals surface area (Å²) in [4.78, 5) is 12.7. The predicted molar refractivity (Wildman–Crippen MR) is 88.8 cm³/mol. The quantitative estimate of drug-likeness (QED) is 0.510. The lowest BCUT2D eigenvalue weighted by Gasteiger charge is -2.05. The fourth-order valence-corrected chi connectivity index (χ4v) is 3.17. The fourth-order valence-electron chi connectivity index (χ4n) is 1.41. The number of halogens is 1. The van der Waals surface area contributed by atoms with Gasteiger partial charge in [0.25, 0.3) is 0 Å². The van der Waals surface area contributed by atoms with Crippen LogP contribution in [0.5, 0.6) is 0 Å². The van der Waals surface area contributed by atoms with Crippen LogP contribution in [0.4, 0.5) is 0 Å². The minimum absolute atomic E-state index is 0.0919.